The fraction of sp³-hybridized carbons (Fsp3) is 0.125. The first-order valence-electron chi connectivity index (χ1n) is 3.47. The molecule has 0 saturated carbocycles. The van der Waals surface area contributed by atoms with Gasteiger partial charge in [-0.1, -0.05) is 0 Å². The third-order valence-electron chi connectivity index (χ3n) is 1.61. The summed E-state index contributed by atoms with van der Waals surface area (Å²) in [6.45, 7) is 1.74. The maximum Gasteiger partial charge on any atom is 0.231 e. The molecular weight excluding hydrogens is 162 g/mol. The van der Waals surface area contributed by atoms with Crippen molar-refractivity contribution >= 4 is 5.65 Å². The number of halogens is 2. The molecule has 0 amide bonds. The average molecular weight is 168 g/mol. The summed E-state index contributed by atoms with van der Waals surface area (Å²) in [5.41, 5.74) is 0.760. The Balaban J connectivity index is 2.88. The van der Waals surface area contributed by atoms with Crippen molar-refractivity contribution in [3.05, 3.63) is 35.8 Å². The van der Waals surface area contributed by atoms with Crippen LogP contribution >= 0.6 is 0 Å². The summed E-state index contributed by atoms with van der Waals surface area (Å²) in [6, 6.07) is 1.32. The number of imidazole rings is 1. The molecule has 62 valence electrons. The van der Waals surface area contributed by atoms with E-state index in [0.717, 1.165) is 11.8 Å². The van der Waals surface area contributed by atoms with E-state index in [0.29, 0.717) is 0 Å². The topological polar surface area (TPSA) is 17.3 Å². The Kier molecular flexibility index (Phi) is 1.36. The summed E-state index contributed by atoms with van der Waals surface area (Å²) in [5.74, 6) is -1.17. The lowest BCUT2D eigenvalue weighted by molar-refractivity contribution is 0.588. The van der Waals surface area contributed by atoms with E-state index < -0.39 is 11.8 Å². The van der Waals surface area contributed by atoms with Crippen LogP contribution in [0.2, 0.25) is 0 Å². The first-order chi connectivity index (χ1) is 5.66. The summed E-state index contributed by atoms with van der Waals surface area (Å²) >= 11 is 0. The minimum Gasteiger partial charge on any atom is -0.301 e. The van der Waals surface area contributed by atoms with Gasteiger partial charge < -0.3 is 4.40 Å². The van der Waals surface area contributed by atoms with E-state index in [1.165, 1.54) is 10.5 Å². The van der Waals surface area contributed by atoms with Gasteiger partial charge in [0.25, 0.3) is 0 Å². The largest absolute Gasteiger partial charge is 0.301 e. The molecule has 0 spiro atoms. The van der Waals surface area contributed by atoms with Crippen LogP contribution in [0.1, 0.15) is 5.56 Å². The SMILES string of the molecule is Cc1cc(F)c2nc(F)cn2c1. The van der Waals surface area contributed by atoms with Crippen molar-refractivity contribution in [1.29, 1.82) is 0 Å². The Morgan fingerprint density at radius 1 is 1.33 bits per heavy atom. The van der Waals surface area contributed by atoms with Gasteiger partial charge in [-0.15, -0.1) is 0 Å². The Morgan fingerprint density at radius 3 is 2.83 bits per heavy atom. The van der Waals surface area contributed by atoms with Crippen LogP contribution in [0.4, 0.5) is 8.78 Å². The molecule has 0 saturated heterocycles. The third kappa shape index (κ3) is 0.958. The van der Waals surface area contributed by atoms with Crippen LogP contribution in [-0.4, -0.2) is 9.38 Å². The number of aryl methyl sites for hydroxylation is 1. The fourth-order valence-corrected chi connectivity index (χ4v) is 1.16. The van der Waals surface area contributed by atoms with Crippen LogP contribution in [0.15, 0.2) is 18.5 Å². The molecule has 2 nitrogen and oxygen atoms in total. The van der Waals surface area contributed by atoms with E-state index >= 15 is 0 Å². The molecule has 0 atom stereocenters. The number of pyridine rings is 1. The van der Waals surface area contributed by atoms with E-state index in [4.69, 9.17) is 0 Å². The van der Waals surface area contributed by atoms with Gasteiger partial charge in [-0.25, -0.2) is 4.39 Å². The van der Waals surface area contributed by atoms with Gasteiger partial charge in [-0.3, -0.25) is 0 Å². The van der Waals surface area contributed by atoms with Gasteiger partial charge in [0.05, 0.1) is 6.20 Å². The van der Waals surface area contributed by atoms with Crippen molar-refractivity contribution in [3.8, 4) is 0 Å². The van der Waals surface area contributed by atoms with Crippen molar-refractivity contribution in [2.24, 2.45) is 0 Å². The van der Waals surface area contributed by atoms with E-state index in [9.17, 15) is 8.78 Å². The summed E-state index contributed by atoms with van der Waals surface area (Å²) < 4.78 is 26.9. The molecule has 0 radical (unpaired) electrons. The molecule has 4 heteroatoms. The highest BCUT2D eigenvalue weighted by molar-refractivity contribution is 5.41. The first kappa shape index (κ1) is 7.21. The summed E-state index contributed by atoms with van der Waals surface area (Å²) in [4.78, 5) is 3.38. The fourth-order valence-electron chi connectivity index (χ4n) is 1.16. The molecule has 0 bridgehead atoms. The molecule has 0 N–H and O–H groups in total. The van der Waals surface area contributed by atoms with Crippen molar-refractivity contribution in [2.75, 3.05) is 0 Å². The van der Waals surface area contributed by atoms with Crippen LogP contribution in [0, 0.1) is 18.7 Å². The highest BCUT2D eigenvalue weighted by Crippen LogP contribution is 2.10. The second-order valence-electron chi connectivity index (χ2n) is 2.66. The molecule has 0 unspecified atom stereocenters. The van der Waals surface area contributed by atoms with Crippen LogP contribution in [0.25, 0.3) is 5.65 Å². The standard InChI is InChI=1S/C8H6F2N2/c1-5-2-6(9)8-11-7(10)4-12(8)3-5/h2-4H,1H3. The minimum absolute atomic E-state index is 0.0260. The molecule has 0 aliphatic heterocycles. The predicted molar refractivity (Wildman–Crippen MR) is 39.8 cm³/mol. The van der Waals surface area contributed by atoms with Gasteiger partial charge in [-0.2, -0.15) is 9.37 Å². The summed E-state index contributed by atoms with van der Waals surface area (Å²) in [7, 11) is 0. The second kappa shape index (κ2) is 2.27. The maximum absolute atomic E-state index is 13.0. The van der Waals surface area contributed by atoms with Crippen LogP contribution in [-0.2, 0) is 0 Å². The average Bonchev–Trinajstić information content (AvgIpc) is 2.29. The lowest BCUT2D eigenvalue weighted by Gasteiger charge is -1.95. The van der Waals surface area contributed by atoms with Crippen LogP contribution in [0.5, 0.6) is 0 Å². The van der Waals surface area contributed by atoms with Crippen molar-refractivity contribution in [1.82, 2.24) is 9.38 Å². The molecule has 0 aromatic carbocycles. The van der Waals surface area contributed by atoms with Crippen molar-refractivity contribution in [2.45, 2.75) is 6.92 Å². The molecule has 2 heterocycles. The monoisotopic (exact) mass is 168 g/mol. The first-order valence-corrected chi connectivity index (χ1v) is 3.47. The van der Waals surface area contributed by atoms with Gasteiger partial charge in [0, 0.05) is 6.20 Å². The Hall–Kier alpha value is -1.45. The van der Waals surface area contributed by atoms with E-state index in [2.05, 4.69) is 4.98 Å². The lowest BCUT2D eigenvalue weighted by atomic mass is 10.3. The molecular formula is C8H6F2N2. The van der Waals surface area contributed by atoms with Gasteiger partial charge in [0.2, 0.25) is 5.95 Å². The smallest absolute Gasteiger partial charge is 0.231 e. The molecule has 0 aliphatic rings. The number of hydrogen-bond donors (Lipinski definition) is 0. The molecule has 0 fully saturated rings. The summed E-state index contributed by atoms with van der Waals surface area (Å²) in [6.07, 6.45) is 2.76. The number of nitrogens with zero attached hydrogens (tertiary/aromatic N) is 2. The highest BCUT2D eigenvalue weighted by Gasteiger charge is 2.05. The molecule has 0 aliphatic carbocycles. The normalized spacial score (nSPS) is 10.9. The minimum atomic E-state index is -0.667. The Bertz CT molecular complexity index is 434. The second-order valence-corrected chi connectivity index (χ2v) is 2.66. The zero-order chi connectivity index (χ0) is 8.72. The Morgan fingerprint density at radius 2 is 2.08 bits per heavy atom. The van der Waals surface area contributed by atoms with Gasteiger partial charge >= 0.3 is 0 Å². The third-order valence-corrected chi connectivity index (χ3v) is 1.61. The van der Waals surface area contributed by atoms with Crippen molar-refractivity contribution < 1.29 is 8.78 Å². The van der Waals surface area contributed by atoms with E-state index in [-0.39, 0.29) is 5.65 Å². The molecule has 12 heavy (non-hydrogen) atoms. The molecule has 2 aromatic rings. The molecule has 2 rings (SSSR count). The lowest BCUT2D eigenvalue weighted by Crippen LogP contribution is -1.89. The van der Waals surface area contributed by atoms with Crippen LogP contribution in [0.3, 0.4) is 0 Å². The van der Waals surface area contributed by atoms with Gasteiger partial charge in [-0.05, 0) is 18.6 Å². The van der Waals surface area contributed by atoms with Gasteiger partial charge in [0.1, 0.15) is 0 Å². The molecule has 2 aromatic heterocycles. The summed E-state index contributed by atoms with van der Waals surface area (Å²) in [5, 5.41) is 0. The van der Waals surface area contributed by atoms with Crippen LogP contribution < -0.4 is 0 Å². The van der Waals surface area contributed by atoms with E-state index in [1.54, 1.807) is 13.1 Å². The van der Waals surface area contributed by atoms with Crippen molar-refractivity contribution in [3.63, 3.8) is 0 Å². The zero-order valence-corrected chi connectivity index (χ0v) is 6.38. The highest BCUT2D eigenvalue weighted by atomic mass is 19.1. The number of fused-ring (bicyclic) bond motifs is 1. The number of aromatic nitrogens is 2. The predicted octanol–water partition coefficient (Wildman–Crippen LogP) is 1.92. The number of rotatable bonds is 0. The quantitative estimate of drug-likeness (QED) is 0.587. The zero-order valence-electron chi connectivity index (χ0n) is 6.38. The number of hydrogen-bond acceptors (Lipinski definition) is 1. The Labute approximate surface area is 67.5 Å². The maximum atomic E-state index is 13.0. The van der Waals surface area contributed by atoms with E-state index in [1.807, 2.05) is 0 Å². The van der Waals surface area contributed by atoms with Gasteiger partial charge in [0.15, 0.2) is 11.5 Å².